The first-order chi connectivity index (χ1) is 10.6. The molecule has 0 aromatic heterocycles. The Morgan fingerprint density at radius 3 is 2.68 bits per heavy atom. The third-order valence-corrected chi connectivity index (χ3v) is 5.43. The van der Waals surface area contributed by atoms with E-state index in [9.17, 15) is 10.2 Å². The number of benzene rings is 1. The van der Waals surface area contributed by atoms with Gasteiger partial charge in [-0.3, -0.25) is 0 Å². The molecule has 0 saturated heterocycles. The lowest BCUT2D eigenvalue weighted by Crippen LogP contribution is -2.69. The summed E-state index contributed by atoms with van der Waals surface area (Å²) in [5.41, 5.74) is 0.574. The third kappa shape index (κ3) is 2.40. The van der Waals surface area contributed by atoms with Crippen molar-refractivity contribution in [3.8, 4) is 0 Å². The predicted molar refractivity (Wildman–Crippen MR) is 83.0 cm³/mol. The molecule has 0 radical (unpaired) electrons. The fraction of sp³-hybridized carbons (Fsp3) is 0.556. The van der Waals surface area contributed by atoms with Gasteiger partial charge in [0.15, 0.2) is 0 Å². The number of aliphatic hydroxyl groups is 2. The first kappa shape index (κ1) is 15.7. The number of hydrogen-bond donors (Lipinski definition) is 2. The van der Waals surface area contributed by atoms with E-state index in [4.69, 9.17) is 9.47 Å². The molecule has 0 unspecified atom stereocenters. The van der Waals surface area contributed by atoms with Gasteiger partial charge in [0.2, 0.25) is 0 Å². The minimum atomic E-state index is -0.913. The second kappa shape index (κ2) is 6.13. The van der Waals surface area contributed by atoms with Crippen molar-refractivity contribution in [3.63, 3.8) is 0 Å². The van der Waals surface area contributed by atoms with Crippen LogP contribution in [0.4, 0.5) is 0 Å². The van der Waals surface area contributed by atoms with Gasteiger partial charge in [0, 0.05) is 0 Å². The molecule has 0 amide bonds. The van der Waals surface area contributed by atoms with Crippen LogP contribution in [-0.4, -0.2) is 35.8 Å². The smallest absolute Gasteiger partial charge is 0.147 e. The zero-order valence-electron chi connectivity index (χ0n) is 13.0. The second-order valence-electron chi connectivity index (χ2n) is 6.50. The van der Waals surface area contributed by atoms with Gasteiger partial charge >= 0.3 is 0 Å². The minimum Gasteiger partial charge on any atom is -0.396 e. The second-order valence-corrected chi connectivity index (χ2v) is 6.50. The monoisotopic (exact) mass is 304 g/mol. The lowest BCUT2D eigenvalue weighted by molar-refractivity contribution is -0.247. The van der Waals surface area contributed by atoms with Crippen LogP contribution in [0.1, 0.15) is 25.3 Å². The lowest BCUT2D eigenvalue weighted by Gasteiger charge is -2.63. The van der Waals surface area contributed by atoms with E-state index in [1.807, 2.05) is 37.3 Å². The van der Waals surface area contributed by atoms with Crippen molar-refractivity contribution in [1.29, 1.82) is 0 Å². The van der Waals surface area contributed by atoms with Crippen molar-refractivity contribution in [2.24, 2.45) is 11.3 Å². The van der Waals surface area contributed by atoms with E-state index in [1.165, 1.54) is 0 Å². The highest BCUT2D eigenvalue weighted by Crippen LogP contribution is 2.62. The van der Waals surface area contributed by atoms with Crippen LogP contribution in [-0.2, 0) is 16.1 Å². The van der Waals surface area contributed by atoms with E-state index in [0.29, 0.717) is 19.1 Å². The van der Waals surface area contributed by atoms with Gasteiger partial charge in [-0.25, -0.2) is 0 Å². The molecule has 0 aliphatic heterocycles. The molecule has 3 atom stereocenters. The zero-order valence-corrected chi connectivity index (χ0v) is 13.0. The number of ether oxygens (including phenoxy) is 2. The fourth-order valence-corrected chi connectivity index (χ4v) is 3.87. The molecule has 3 aliphatic carbocycles. The molecule has 0 spiro atoms. The first-order valence-corrected chi connectivity index (χ1v) is 7.82. The molecule has 4 nitrogen and oxygen atoms in total. The molecule has 0 heterocycles. The molecule has 3 aliphatic rings. The Morgan fingerprint density at radius 1 is 1.23 bits per heavy atom. The maximum atomic E-state index is 10.8. The normalized spacial score (nSPS) is 33.2. The Balaban J connectivity index is 1.50. The number of hydrogen-bond acceptors (Lipinski definition) is 4. The summed E-state index contributed by atoms with van der Waals surface area (Å²) in [6.07, 6.45) is 3.71. The minimum absolute atomic E-state index is 0.0575. The summed E-state index contributed by atoms with van der Waals surface area (Å²) < 4.78 is 11.1. The average Bonchev–Trinajstić information content (AvgIpc) is 2.54. The highest BCUT2D eigenvalue weighted by atomic mass is 16.7. The summed E-state index contributed by atoms with van der Waals surface area (Å²) in [5, 5.41) is 20.7. The van der Waals surface area contributed by atoms with Crippen LogP contribution in [0.15, 0.2) is 42.0 Å². The number of rotatable bonds is 7. The highest BCUT2D eigenvalue weighted by molar-refractivity contribution is 5.33. The van der Waals surface area contributed by atoms with Crippen LogP contribution in [0.3, 0.4) is 0 Å². The van der Waals surface area contributed by atoms with Gasteiger partial charge in [-0.2, -0.15) is 0 Å². The average molecular weight is 304 g/mol. The fourth-order valence-electron chi connectivity index (χ4n) is 3.87. The standard InChI is InChI=1S/C18H24O4/c1-14-7-8-16-9-18(14,20)17(16,11-19)12-22-13-21-10-15-5-3-2-4-6-15/h2-7,16,19-20H,8-13H2,1H3/t16-,17-,18+/m0/s1. The predicted octanol–water partition coefficient (Wildman–Crippen LogP) is 2.26. The molecule has 4 rings (SSSR count). The van der Waals surface area contributed by atoms with E-state index in [0.717, 1.165) is 24.0 Å². The Hall–Kier alpha value is -1.20. The lowest BCUT2D eigenvalue weighted by atomic mass is 9.45. The zero-order chi connectivity index (χ0) is 15.6. The topological polar surface area (TPSA) is 58.9 Å². The Morgan fingerprint density at radius 2 is 2.00 bits per heavy atom. The van der Waals surface area contributed by atoms with Gasteiger partial charge in [-0.15, -0.1) is 0 Å². The molecule has 1 fully saturated rings. The maximum absolute atomic E-state index is 10.8. The molecule has 120 valence electrons. The van der Waals surface area contributed by atoms with E-state index >= 15 is 0 Å². The van der Waals surface area contributed by atoms with E-state index < -0.39 is 11.0 Å². The van der Waals surface area contributed by atoms with Crippen LogP contribution in [0, 0.1) is 11.3 Å². The molecule has 2 bridgehead atoms. The van der Waals surface area contributed by atoms with Crippen LogP contribution in [0.2, 0.25) is 0 Å². The van der Waals surface area contributed by atoms with Crippen LogP contribution in [0.5, 0.6) is 0 Å². The summed E-state index contributed by atoms with van der Waals surface area (Å²) in [6.45, 7) is 2.87. The van der Waals surface area contributed by atoms with Crippen molar-refractivity contribution < 1.29 is 19.7 Å². The van der Waals surface area contributed by atoms with Crippen molar-refractivity contribution >= 4 is 0 Å². The Bertz CT molecular complexity index is 541. The number of aliphatic hydroxyl groups excluding tert-OH is 1. The summed E-state index contributed by atoms with van der Waals surface area (Å²) in [4.78, 5) is 0. The van der Waals surface area contributed by atoms with Gasteiger partial charge in [-0.05, 0) is 36.8 Å². The molecule has 1 aromatic rings. The first-order valence-electron chi connectivity index (χ1n) is 7.82. The van der Waals surface area contributed by atoms with Crippen LogP contribution >= 0.6 is 0 Å². The number of allylic oxidation sites excluding steroid dienone is 1. The van der Waals surface area contributed by atoms with Gasteiger partial charge in [0.1, 0.15) is 6.79 Å². The van der Waals surface area contributed by atoms with Crippen molar-refractivity contribution in [1.82, 2.24) is 0 Å². The quantitative estimate of drug-likeness (QED) is 0.461. The molecule has 4 heteroatoms. The summed E-state index contributed by atoms with van der Waals surface area (Å²) in [6, 6.07) is 9.92. The van der Waals surface area contributed by atoms with Crippen molar-refractivity contribution in [2.75, 3.05) is 20.0 Å². The van der Waals surface area contributed by atoms with Gasteiger partial charge in [-0.1, -0.05) is 36.4 Å². The van der Waals surface area contributed by atoms with Crippen molar-refractivity contribution in [2.45, 2.75) is 32.0 Å². The molecule has 2 N–H and O–H groups in total. The largest absolute Gasteiger partial charge is 0.396 e. The van der Waals surface area contributed by atoms with E-state index in [1.54, 1.807) is 0 Å². The number of fused-ring (bicyclic) bond motifs is 1. The van der Waals surface area contributed by atoms with E-state index in [2.05, 4.69) is 6.08 Å². The maximum Gasteiger partial charge on any atom is 0.147 e. The molecular weight excluding hydrogens is 280 g/mol. The van der Waals surface area contributed by atoms with E-state index in [-0.39, 0.29) is 13.4 Å². The van der Waals surface area contributed by atoms with Gasteiger partial charge in [0.25, 0.3) is 0 Å². The van der Waals surface area contributed by atoms with Crippen molar-refractivity contribution in [3.05, 3.63) is 47.5 Å². The summed E-state index contributed by atoms with van der Waals surface area (Å²) in [7, 11) is 0. The summed E-state index contributed by atoms with van der Waals surface area (Å²) >= 11 is 0. The van der Waals surface area contributed by atoms with Gasteiger partial charge < -0.3 is 19.7 Å². The SMILES string of the molecule is CC1=CC[C@H]2C[C@]1(O)[C@@]2(CO)COCOCc1ccccc1. The third-order valence-electron chi connectivity index (χ3n) is 5.43. The molecule has 1 aromatic carbocycles. The molecular formula is C18H24O4. The summed E-state index contributed by atoms with van der Waals surface area (Å²) in [5.74, 6) is 0.292. The Labute approximate surface area is 131 Å². The van der Waals surface area contributed by atoms with Crippen LogP contribution in [0.25, 0.3) is 0 Å². The van der Waals surface area contributed by atoms with Crippen LogP contribution < -0.4 is 0 Å². The van der Waals surface area contributed by atoms with Gasteiger partial charge in [0.05, 0.1) is 30.8 Å². The molecule has 22 heavy (non-hydrogen) atoms. The Kier molecular flexibility index (Phi) is 4.37. The highest BCUT2D eigenvalue weighted by Gasteiger charge is 2.66. The molecule has 1 saturated carbocycles.